The van der Waals surface area contributed by atoms with E-state index >= 15 is 0 Å². The van der Waals surface area contributed by atoms with Crippen molar-refractivity contribution in [3.05, 3.63) is 24.3 Å². The van der Waals surface area contributed by atoms with E-state index in [1.807, 2.05) is 0 Å². The van der Waals surface area contributed by atoms with Crippen LogP contribution in [0.1, 0.15) is 20.3 Å². The highest BCUT2D eigenvalue weighted by atomic mass is 32.2. The van der Waals surface area contributed by atoms with Crippen LogP contribution < -0.4 is 5.32 Å². The van der Waals surface area contributed by atoms with E-state index in [1.54, 1.807) is 11.8 Å². The predicted octanol–water partition coefficient (Wildman–Crippen LogP) is 3.62. The standard InChI is InChI=1S/C11H17NS/c1-4-9(2)12-10-6-5-7-11(8-10)13-3/h5-9,12H,4H2,1-3H3/t9-/m1/s1. The third kappa shape index (κ3) is 3.31. The van der Waals surface area contributed by atoms with Crippen molar-refractivity contribution in [1.29, 1.82) is 0 Å². The van der Waals surface area contributed by atoms with Crippen LogP contribution in [0, 0.1) is 0 Å². The molecule has 2 heteroatoms. The molecule has 0 aromatic heterocycles. The van der Waals surface area contributed by atoms with Gasteiger partial charge in [0, 0.05) is 16.6 Å². The molecule has 0 aliphatic heterocycles. The SMILES string of the molecule is CC[C@@H](C)Nc1cccc(SC)c1. The van der Waals surface area contributed by atoms with Crippen molar-refractivity contribution in [3.63, 3.8) is 0 Å². The van der Waals surface area contributed by atoms with Gasteiger partial charge in [0.25, 0.3) is 0 Å². The molecule has 0 aliphatic rings. The Kier molecular flexibility index (Phi) is 4.16. The summed E-state index contributed by atoms with van der Waals surface area (Å²) in [6, 6.07) is 9.09. The summed E-state index contributed by atoms with van der Waals surface area (Å²) < 4.78 is 0. The van der Waals surface area contributed by atoms with Gasteiger partial charge in [-0.05, 0) is 37.8 Å². The first-order valence-electron chi connectivity index (χ1n) is 4.67. The van der Waals surface area contributed by atoms with Crippen LogP contribution in [0.2, 0.25) is 0 Å². The number of hydrogen-bond acceptors (Lipinski definition) is 2. The molecule has 0 saturated heterocycles. The summed E-state index contributed by atoms with van der Waals surface area (Å²) in [6.07, 6.45) is 3.26. The smallest absolute Gasteiger partial charge is 0.0353 e. The highest BCUT2D eigenvalue weighted by molar-refractivity contribution is 7.98. The molecule has 0 radical (unpaired) electrons. The highest BCUT2D eigenvalue weighted by Gasteiger charge is 1.98. The van der Waals surface area contributed by atoms with Crippen molar-refractivity contribution in [2.75, 3.05) is 11.6 Å². The molecule has 1 N–H and O–H groups in total. The Morgan fingerprint density at radius 2 is 2.23 bits per heavy atom. The minimum Gasteiger partial charge on any atom is -0.383 e. The molecule has 0 fully saturated rings. The summed E-state index contributed by atoms with van der Waals surface area (Å²) in [5.41, 5.74) is 1.22. The van der Waals surface area contributed by atoms with Gasteiger partial charge in [0.2, 0.25) is 0 Å². The normalized spacial score (nSPS) is 12.5. The Bertz CT molecular complexity index is 260. The first kappa shape index (κ1) is 10.5. The number of thioether (sulfide) groups is 1. The van der Waals surface area contributed by atoms with E-state index in [4.69, 9.17) is 0 Å². The van der Waals surface area contributed by atoms with Crippen LogP contribution in [0.5, 0.6) is 0 Å². The van der Waals surface area contributed by atoms with Gasteiger partial charge in [-0.1, -0.05) is 13.0 Å². The van der Waals surface area contributed by atoms with Gasteiger partial charge in [-0.25, -0.2) is 0 Å². The first-order chi connectivity index (χ1) is 6.26. The van der Waals surface area contributed by atoms with Crippen molar-refractivity contribution in [1.82, 2.24) is 0 Å². The molecule has 1 rings (SSSR count). The lowest BCUT2D eigenvalue weighted by Crippen LogP contribution is -2.13. The zero-order valence-electron chi connectivity index (χ0n) is 8.50. The third-order valence-electron chi connectivity index (χ3n) is 2.10. The molecule has 0 saturated carbocycles. The van der Waals surface area contributed by atoms with E-state index in [0.29, 0.717) is 6.04 Å². The fourth-order valence-corrected chi connectivity index (χ4v) is 1.56. The molecule has 0 heterocycles. The molecule has 0 bridgehead atoms. The monoisotopic (exact) mass is 195 g/mol. The van der Waals surface area contributed by atoms with Crippen LogP contribution in [0.4, 0.5) is 5.69 Å². The summed E-state index contributed by atoms with van der Waals surface area (Å²) in [7, 11) is 0. The zero-order chi connectivity index (χ0) is 9.68. The lowest BCUT2D eigenvalue weighted by Gasteiger charge is -2.13. The minimum absolute atomic E-state index is 0.553. The van der Waals surface area contributed by atoms with Crippen LogP contribution in [-0.4, -0.2) is 12.3 Å². The molecule has 0 aliphatic carbocycles. The summed E-state index contributed by atoms with van der Waals surface area (Å²) in [5, 5.41) is 3.45. The fraction of sp³-hybridized carbons (Fsp3) is 0.455. The molecule has 1 aromatic carbocycles. The minimum atomic E-state index is 0.553. The van der Waals surface area contributed by atoms with Gasteiger partial charge in [-0.3, -0.25) is 0 Å². The van der Waals surface area contributed by atoms with Crippen molar-refractivity contribution in [3.8, 4) is 0 Å². The Labute approximate surface area is 84.9 Å². The second-order valence-corrected chi connectivity index (χ2v) is 4.07. The van der Waals surface area contributed by atoms with E-state index in [2.05, 4.69) is 49.7 Å². The van der Waals surface area contributed by atoms with E-state index < -0.39 is 0 Å². The Morgan fingerprint density at radius 1 is 1.46 bits per heavy atom. The van der Waals surface area contributed by atoms with Crippen LogP contribution >= 0.6 is 11.8 Å². The van der Waals surface area contributed by atoms with Crippen LogP contribution in [0.15, 0.2) is 29.2 Å². The predicted molar refractivity (Wildman–Crippen MR) is 61.6 cm³/mol. The fourth-order valence-electron chi connectivity index (χ4n) is 1.10. The number of benzene rings is 1. The van der Waals surface area contributed by atoms with Gasteiger partial charge >= 0.3 is 0 Å². The third-order valence-corrected chi connectivity index (χ3v) is 2.82. The maximum absolute atomic E-state index is 3.45. The second-order valence-electron chi connectivity index (χ2n) is 3.19. The van der Waals surface area contributed by atoms with Crippen molar-refractivity contribution in [2.24, 2.45) is 0 Å². The van der Waals surface area contributed by atoms with Gasteiger partial charge in [0.05, 0.1) is 0 Å². The molecule has 13 heavy (non-hydrogen) atoms. The van der Waals surface area contributed by atoms with Crippen molar-refractivity contribution < 1.29 is 0 Å². The van der Waals surface area contributed by atoms with Crippen LogP contribution in [-0.2, 0) is 0 Å². The summed E-state index contributed by atoms with van der Waals surface area (Å²) >= 11 is 1.78. The molecule has 1 aromatic rings. The largest absolute Gasteiger partial charge is 0.383 e. The maximum atomic E-state index is 3.45. The van der Waals surface area contributed by atoms with Crippen molar-refractivity contribution >= 4 is 17.4 Å². The molecule has 1 nitrogen and oxygen atoms in total. The first-order valence-corrected chi connectivity index (χ1v) is 5.89. The lowest BCUT2D eigenvalue weighted by molar-refractivity contribution is 0.764. The van der Waals surface area contributed by atoms with Gasteiger partial charge < -0.3 is 5.32 Å². The average Bonchev–Trinajstić information content (AvgIpc) is 2.18. The molecule has 0 amide bonds. The topological polar surface area (TPSA) is 12.0 Å². The quantitative estimate of drug-likeness (QED) is 0.736. The van der Waals surface area contributed by atoms with Gasteiger partial charge in [-0.15, -0.1) is 11.8 Å². The van der Waals surface area contributed by atoms with E-state index in [-0.39, 0.29) is 0 Å². The molecule has 0 unspecified atom stereocenters. The Morgan fingerprint density at radius 3 is 2.85 bits per heavy atom. The zero-order valence-corrected chi connectivity index (χ0v) is 9.32. The number of rotatable bonds is 4. The summed E-state index contributed by atoms with van der Waals surface area (Å²) in [6.45, 7) is 4.39. The molecule has 0 spiro atoms. The molecule has 1 atom stereocenters. The van der Waals surface area contributed by atoms with E-state index in [1.165, 1.54) is 10.6 Å². The number of hydrogen-bond donors (Lipinski definition) is 1. The second kappa shape index (κ2) is 5.18. The van der Waals surface area contributed by atoms with E-state index in [0.717, 1.165) is 6.42 Å². The lowest BCUT2D eigenvalue weighted by atomic mass is 10.2. The van der Waals surface area contributed by atoms with Gasteiger partial charge in [0.1, 0.15) is 0 Å². The molecular formula is C11H17NS. The summed E-state index contributed by atoms with van der Waals surface area (Å²) in [5.74, 6) is 0. The van der Waals surface area contributed by atoms with Crippen LogP contribution in [0.25, 0.3) is 0 Å². The molecular weight excluding hydrogens is 178 g/mol. The Hall–Kier alpha value is -0.630. The summed E-state index contributed by atoms with van der Waals surface area (Å²) in [4.78, 5) is 1.31. The van der Waals surface area contributed by atoms with Gasteiger partial charge in [-0.2, -0.15) is 0 Å². The Balaban J connectivity index is 2.66. The van der Waals surface area contributed by atoms with E-state index in [9.17, 15) is 0 Å². The highest BCUT2D eigenvalue weighted by Crippen LogP contribution is 2.19. The maximum Gasteiger partial charge on any atom is 0.0353 e. The number of anilines is 1. The van der Waals surface area contributed by atoms with Gasteiger partial charge in [0.15, 0.2) is 0 Å². The van der Waals surface area contributed by atoms with Crippen molar-refractivity contribution in [2.45, 2.75) is 31.2 Å². The molecule has 72 valence electrons. The van der Waals surface area contributed by atoms with Crippen LogP contribution in [0.3, 0.4) is 0 Å². The average molecular weight is 195 g/mol. The number of nitrogens with one attached hydrogen (secondary N) is 1.